The largest absolute Gasteiger partial charge is 0.421 e. The van der Waals surface area contributed by atoms with E-state index >= 15 is 0 Å². The third-order valence-corrected chi connectivity index (χ3v) is 6.37. The van der Waals surface area contributed by atoms with Crippen LogP contribution in [0.3, 0.4) is 0 Å². The topological polar surface area (TPSA) is 136 Å². The molecule has 2 heterocycles. The maximum Gasteiger partial charge on any atom is 0.421 e. The fourth-order valence-corrected chi connectivity index (χ4v) is 4.68. The second-order valence-electron chi connectivity index (χ2n) is 7.76. The molecule has 2 atom stereocenters. The number of hydrogen-bond acceptors (Lipinski definition) is 8. The van der Waals surface area contributed by atoms with Gasteiger partial charge >= 0.3 is 16.4 Å². The van der Waals surface area contributed by atoms with Crippen LogP contribution in [0.5, 0.6) is 0 Å². The van der Waals surface area contributed by atoms with Gasteiger partial charge in [-0.2, -0.15) is 13.5 Å². The van der Waals surface area contributed by atoms with E-state index in [9.17, 15) is 22.8 Å². The van der Waals surface area contributed by atoms with E-state index in [0.717, 1.165) is 11.5 Å². The highest BCUT2D eigenvalue weighted by molar-refractivity contribution is 8.13. The van der Waals surface area contributed by atoms with Crippen molar-refractivity contribution in [3.8, 4) is 0 Å². The zero-order valence-corrected chi connectivity index (χ0v) is 17.9. The van der Waals surface area contributed by atoms with Crippen LogP contribution < -0.4 is 5.73 Å². The van der Waals surface area contributed by atoms with Crippen molar-refractivity contribution in [2.75, 3.05) is 18.9 Å². The Morgan fingerprint density at radius 2 is 2.00 bits per heavy atom. The minimum Gasteiger partial charge on any atom is -0.368 e. The van der Waals surface area contributed by atoms with Gasteiger partial charge in [-0.3, -0.25) is 9.59 Å². The van der Waals surface area contributed by atoms with E-state index in [-0.39, 0.29) is 18.3 Å². The third kappa shape index (κ3) is 6.06. The van der Waals surface area contributed by atoms with Crippen molar-refractivity contribution < 1.29 is 31.3 Å². The lowest BCUT2D eigenvalue weighted by Gasteiger charge is -2.27. The van der Waals surface area contributed by atoms with Gasteiger partial charge in [0.1, 0.15) is 6.04 Å². The predicted molar refractivity (Wildman–Crippen MR) is 102 cm³/mol. The number of carbonyl (C=O) groups excluding carboxylic acids is 3. The standard InChI is InChI=1S/C16H27N3O7S2/c1-11(20)27-8-4-7-16(2,3)10-25-28(23,24)26-19-12-5-6-13(14(17)21)18(9-12)15(19)22/h12-13H,4-10H2,1-3H3,(H2,17,21)/t12-,13+/m1/s1. The number of thioether (sulfide) groups is 1. The number of nitrogens with zero attached hydrogens (tertiary/aromatic N) is 2. The zero-order valence-electron chi connectivity index (χ0n) is 16.3. The lowest BCUT2D eigenvalue weighted by molar-refractivity contribution is -0.122. The summed E-state index contributed by atoms with van der Waals surface area (Å²) in [7, 11) is -4.45. The Hall–Kier alpha value is -1.37. The highest BCUT2D eigenvalue weighted by Crippen LogP contribution is 2.31. The molecular weight excluding hydrogens is 410 g/mol. The van der Waals surface area contributed by atoms with Gasteiger partial charge in [0, 0.05) is 19.2 Å². The summed E-state index contributed by atoms with van der Waals surface area (Å²) < 4.78 is 34.3. The van der Waals surface area contributed by atoms with Crippen molar-refractivity contribution in [3.05, 3.63) is 0 Å². The number of nitrogens with two attached hydrogens (primary N) is 1. The quantitative estimate of drug-likeness (QED) is 0.500. The highest BCUT2D eigenvalue weighted by atomic mass is 32.3. The van der Waals surface area contributed by atoms with Crippen LogP contribution in [0.1, 0.15) is 46.5 Å². The summed E-state index contributed by atoms with van der Waals surface area (Å²) in [4.78, 5) is 36.0. The Bertz CT molecular complexity index is 726. The first-order chi connectivity index (χ1) is 12.9. The number of hydroxylamine groups is 2. The molecule has 0 unspecified atom stereocenters. The Labute approximate surface area is 169 Å². The van der Waals surface area contributed by atoms with Gasteiger partial charge in [-0.25, -0.2) is 8.98 Å². The van der Waals surface area contributed by atoms with Crippen LogP contribution in [0.4, 0.5) is 4.79 Å². The highest BCUT2D eigenvalue weighted by Gasteiger charge is 2.49. The Morgan fingerprint density at radius 3 is 2.61 bits per heavy atom. The summed E-state index contributed by atoms with van der Waals surface area (Å²) in [6, 6.07) is -1.94. The molecule has 2 aliphatic rings. The second-order valence-corrected chi connectivity index (χ2v) is 10.2. The molecule has 3 amide bonds. The number of piperidine rings is 1. The molecule has 0 radical (unpaired) electrons. The average Bonchev–Trinajstić information content (AvgIpc) is 2.81. The first kappa shape index (κ1) is 22.9. The molecule has 0 saturated carbocycles. The van der Waals surface area contributed by atoms with Gasteiger partial charge in [0.25, 0.3) is 0 Å². The van der Waals surface area contributed by atoms with E-state index in [1.807, 2.05) is 13.8 Å². The third-order valence-electron chi connectivity index (χ3n) is 4.72. The van der Waals surface area contributed by atoms with Gasteiger partial charge in [0.05, 0.1) is 12.6 Å². The first-order valence-electron chi connectivity index (χ1n) is 9.03. The van der Waals surface area contributed by atoms with Crippen molar-refractivity contribution >= 4 is 39.2 Å². The molecule has 0 aliphatic carbocycles. The van der Waals surface area contributed by atoms with E-state index < -0.39 is 39.8 Å². The SMILES string of the molecule is CC(=O)SCCCC(C)(C)COS(=O)(=O)ON1C(=O)N2C[C@H]1CC[C@H]2C(N)=O. The summed E-state index contributed by atoms with van der Waals surface area (Å²) in [6.07, 6.45) is 2.16. The molecule has 160 valence electrons. The van der Waals surface area contributed by atoms with Crippen LogP contribution in [-0.4, -0.2) is 66.4 Å². The van der Waals surface area contributed by atoms with Crippen LogP contribution in [-0.2, 0) is 28.5 Å². The zero-order chi connectivity index (χ0) is 21.1. The number of urea groups is 1. The molecule has 2 bridgehead atoms. The Morgan fingerprint density at radius 1 is 1.32 bits per heavy atom. The summed E-state index contributed by atoms with van der Waals surface area (Å²) in [5.41, 5.74) is 4.83. The lowest BCUT2D eigenvalue weighted by atomic mass is 9.89. The van der Waals surface area contributed by atoms with Crippen molar-refractivity contribution in [2.24, 2.45) is 11.1 Å². The molecule has 2 fully saturated rings. The second kappa shape index (κ2) is 8.97. The van der Waals surface area contributed by atoms with Gasteiger partial charge in [-0.05, 0) is 31.1 Å². The van der Waals surface area contributed by atoms with Gasteiger partial charge in [0.15, 0.2) is 5.12 Å². The fourth-order valence-electron chi connectivity index (χ4n) is 3.22. The molecule has 2 N–H and O–H groups in total. The molecule has 10 nitrogen and oxygen atoms in total. The van der Waals surface area contributed by atoms with Gasteiger partial charge in [-0.1, -0.05) is 25.6 Å². The first-order valence-corrected chi connectivity index (χ1v) is 11.4. The molecule has 2 aliphatic heterocycles. The van der Waals surface area contributed by atoms with Crippen LogP contribution in [0.15, 0.2) is 0 Å². The summed E-state index contributed by atoms with van der Waals surface area (Å²) >= 11 is 1.22. The number of rotatable bonds is 10. The minimum absolute atomic E-state index is 0.0415. The smallest absolute Gasteiger partial charge is 0.368 e. The number of fused-ring (bicyclic) bond motifs is 2. The predicted octanol–water partition coefficient (Wildman–Crippen LogP) is 1.02. The van der Waals surface area contributed by atoms with Gasteiger partial charge in [-0.15, -0.1) is 4.28 Å². The Balaban J connectivity index is 1.87. The summed E-state index contributed by atoms with van der Waals surface area (Å²) in [5, 5.41) is 0.800. The molecule has 0 aromatic carbocycles. The van der Waals surface area contributed by atoms with Crippen LogP contribution in [0, 0.1) is 5.41 Å². The van der Waals surface area contributed by atoms with Crippen LogP contribution >= 0.6 is 11.8 Å². The minimum atomic E-state index is -4.45. The monoisotopic (exact) mass is 437 g/mol. The number of amides is 3. The van der Waals surface area contributed by atoms with Crippen molar-refractivity contribution in [3.63, 3.8) is 0 Å². The van der Waals surface area contributed by atoms with Crippen LogP contribution in [0.2, 0.25) is 0 Å². The fraction of sp³-hybridized carbons (Fsp3) is 0.812. The molecule has 0 aromatic rings. The normalized spacial score (nSPS) is 22.6. The lowest BCUT2D eigenvalue weighted by Crippen LogP contribution is -2.47. The Kier molecular flexibility index (Phi) is 7.34. The van der Waals surface area contributed by atoms with Crippen molar-refractivity contribution in [2.45, 2.75) is 58.5 Å². The maximum atomic E-state index is 12.4. The van der Waals surface area contributed by atoms with E-state index in [1.165, 1.54) is 23.6 Å². The van der Waals surface area contributed by atoms with Gasteiger partial charge < -0.3 is 10.6 Å². The number of primary amides is 1. The number of hydrogen-bond donors (Lipinski definition) is 1. The molecular formula is C16H27N3O7S2. The van der Waals surface area contributed by atoms with E-state index in [1.54, 1.807) is 0 Å². The number of carbonyl (C=O) groups is 3. The summed E-state index contributed by atoms with van der Waals surface area (Å²) in [5.74, 6) is 0.0282. The van der Waals surface area contributed by atoms with Gasteiger partial charge in [0.2, 0.25) is 5.91 Å². The average molecular weight is 438 g/mol. The van der Waals surface area contributed by atoms with E-state index in [4.69, 9.17) is 14.2 Å². The van der Waals surface area contributed by atoms with E-state index in [2.05, 4.69) is 0 Å². The molecule has 0 aromatic heterocycles. The molecule has 0 spiro atoms. The summed E-state index contributed by atoms with van der Waals surface area (Å²) in [6.45, 7) is 5.25. The van der Waals surface area contributed by atoms with Crippen molar-refractivity contribution in [1.82, 2.24) is 9.96 Å². The van der Waals surface area contributed by atoms with E-state index in [0.29, 0.717) is 25.0 Å². The van der Waals surface area contributed by atoms with Crippen molar-refractivity contribution in [1.29, 1.82) is 0 Å². The molecule has 28 heavy (non-hydrogen) atoms. The molecule has 12 heteroatoms. The van der Waals surface area contributed by atoms with Crippen LogP contribution in [0.25, 0.3) is 0 Å². The maximum absolute atomic E-state index is 12.4. The molecule has 2 rings (SSSR count). The molecule has 2 saturated heterocycles.